The molecule has 1 fully saturated rings. The zero-order valence-corrected chi connectivity index (χ0v) is 10.8. The number of nitrogens with one attached hydrogen (secondary N) is 1. The summed E-state index contributed by atoms with van der Waals surface area (Å²) in [4.78, 5) is 14.3. The van der Waals surface area contributed by atoms with Crippen molar-refractivity contribution >= 4 is 5.91 Å². The smallest absolute Gasteiger partial charge is 0.257 e. The van der Waals surface area contributed by atoms with Crippen LogP contribution in [0.25, 0.3) is 0 Å². The number of ether oxygens (including phenoxy) is 1. The second kappa shape index (κ2) is 4.49. The normalized spacial score (nSPS) is 25.1. The lowest BCUT2D eigenvalue weighted by atomic mass is 10.1. The Kier molecular flexibility index (Phi) is 3.19. The molecule has 2 atom stereocenters. The van der Waals surface area contributed by atoms with Gasteiger partial charge >= 0.3 is 0 Å². The molecule has 0 aromatic carbocycles. The summed E-state index contributed by atoms with van der Waals surface area (Å²) in [5.41, 5.74) is 2.30. The minimum atomic E-state index is 0.0516. The fraction of sp³-hybridized carbons (Fsp3) is 0.667. The van der Waals surface area contributed by atoms with Gasteiger partial charge in [-0.25, -0.2) is 0 Å². The molecule has 0 unspecified atom stereocenters. The molecule has 0 aliphatic carbocycles. The Labute approximate surface area is 101 Å². The van der Waals surface area contributed by atoms with Gasteiger partial charge in [0.05, 0.1) is 23.5 Å². The third kappa shape index (κ3) is 2.34. The third-order valence-corrected chi connectivity index (χ3v) is 3.05. The highest BCUT2D eigenvalue weighted by atomic mass is 16.5. The number of H-pyrrole nitrogens is 1. The van der Waals surface area contributed by atoms with Crippen LogP contribution in [0.1, 0.15) is 35.6 Å². The molecule has 5 heteroatoms. The predicted molar refractivity (Wildman–Crippen MR) is 64.0 cm³/mol. The van der Waals surface area contributed by atoms with Crippen molar-refractivity contribution in [2.75, 3.05) is 13.1 Å². The fourth-order valence-electron chi connectivity index (χ4n) is 2.37. The Morgan fingerprint density at radius 3 is 2.41 bits per heavy atom. The lowest BCUT2D eigenvalue weighted by Crippen LogP contribution is -2.48. The van der Waals surface area contributed by atoms with Gasteiger partial charge in [-0.15, -0.1) is 0 Å². The van der Waals surface area contributed by atoms with Crippen molar-refractivity contribution < 1.29 is 9.53 Å². The number of morpholine rings is 1. The largest absolute Gasteiger partial charge is 0.372 e. The molecule has 0 spiro atoms. The molecule has 1 amide bonds. The van der Waals surface area contributed by atoms with Crippen molar-refractivity contribution in [3.05, 3.63) is 17.0 Å². The number of hydrogen-bond acceptors (Lipinski definition) is 3. The molecule has 0 radical (unpaired) electrons. The Balaban J connectivity index is 2.20. The van der Waals surface area contributed by atoms with E-state index in [0.29, 0.717) is 18.7 Å². The van der Waals surface area contributed by atoms with E-state index < -0.39 is 0 Å². The van der Waals surface area contributed by atoms with Crippen molar-refractivity contribution in [3.8, 4) is 0 Å². The molecule has 94 valence electrons. The van der Waals surface area contributed by atoms with Gasteiger partial charge in [0.25, 0.3) is 5.91 Å². The standard InChI is InChI=1S/C12H19N3O2/c1-7-5-15(6-8(2)17-7)12(16)11-9(3)13-14-10(11)4/h7-8H,5-6H2,1-4H3,(H,13,14)/t7-,8+. The van der Waals surface area contributed by atoms with Crippen LogP contribution in [-0.2, 0) is 4.74 Å². The summed E-state index contributed by atoms with van der Waals surface area (Å²) in [6, 6.07) is 0. The SMILES string of the molecule is Cc1n[nH]c(C)c1C(=O)N1C[C@@H](C)O[C@@H](C)C1. The Morgan fingerprint density at radius 2 is 1.94 bits per heavy atom. The van der Waals surface area contributed by atoms with E-state index in [1.807, 2.05) is 32.6 Å². The van der Waals surface area contributed by atoms with Gasteiger partial charge in [-0.1, -0.05) is 0 Å². The van der Waals surface area contributed by atoms with E-state index >= 15 is 0 Å². The van der Waals surface area contributed by atoms with Crippen LogP contribution in [-0.4, -0.2) is 46.3 Å². The van der Waals surface area contributed by atoms with Gasteiger partial charge in [0.1, 0.15) is 0 Å². The molecule has 5 nitrogen and oxygen atoms in total. The van der Waals surface area contributed by atoms with E-state index in [9.17, 15) is 4.79 Å². The van der Waals surface area contributed by atoms with E-state index in [2.05, 4.69) is 10.2 Å². The van der Waals surface area contributed by atoms with Gasteiger partial charge in [-0.3, -0.25) is 9.89 Å². The first-order chi connectivity index (χ1) is 7.99. The van der Waals surface area contributed by atoms with Gasteiger partial charge in [0, 0.05) is 18.8 Å². The van der Waals surface area contributed by atoms with Crippen LogP contribution < -0.4 is 0 Å². The summed E-state index contributed by atoms with van der Waals surface area (Å²) in [5.74, 6) is 0.0516. The molecule has 1 N–H and O–H groups in total. The Hall–Kier alpha value is -1.36. The van der Waals surface area contributed by atoms with Crippen LogP contribution in [0.5, 0.6) is 0 Å². The van der Waals surface area contributed by atoms with Crippen LogP contribution in [0.3, 0.4) is 0 Å². The van der Waals surface area contributed by atoms with Crippen molar-refractivity contribution in [3.63, 3.8) is 0 Å². The van der Waals surface area contributed by atoms with Gasteiger partial charge in [0.15, 0.2) is 0 Å². The molecule has 1 aromatic rings. The number of rotatable bonds is 1. The van der Waals surface area contributed by atoms with Crippen molar-refractivity contribution in [2.24, 2.45) is 0 Å². The Morgan fingerprint density at radius 1 is 1.35 bits per heavy atom. The first-order valence-electron chi connectivity index (χ1n) is 5.95. The van der Waals surface area contributed by atoms with E-state index in [-0.39, 0.29) is 18.1 Å². The minimum absolute atomic E-state index is 0.0516. The summed E-state index contributed by atoms with van der Waals surface area (Å²) < 4.78 is 5.63. The zero-order valence-electron chi connectivity index (χ0n) is 10.8. The van der Waals surface area contributed by atoms with E-state index in [0.717, 1.165) is 11.4 Å². The van der Waals surface area contributed by atoms with Gasteiger partial charge < -0.3 is 9.64 Å². The lowest BCUT2D eigenvalue weighted by molar-refractivity contribution is -0.0586. The number of aromatic amines is 1. The molecular weight excluding hydrogens is 218 g/mol. The van der Waals surface area contributed by atoms with Crippen molar-refractivity contribution in [1.82, 2.24) is 15.1 Å². The van der Waals surface area contributed by atoms with Crippen LogP contribution in [0.2, 0.25) is 0 Å². The zero-order chi connectivity index (χ0) is 12.6. The average molecular weight is 237 g/mol. The van der Waals surface area contributed by atoms with Gasteiger partial charge in [-0.05, 0) is 27.7 Å². The molecule has 1 aliphatic heterocycles. The fourth-order valence-corrected chi connectivity index (χ4v) is 2.37. The number of carbonyl (C=O) groups excluding carboxylic acids is 1. The summed E-state index contributed by atoms with van der Waals surface area (Å²) in [7, 11) is 0. The number of nitrogens with zero attached hydrogens (tertiary/aromatic N) is 2. The molecule has 1 aliphatic rings. The van der Waals surface area contributed by atoms with E-state index in [4.69, 9.17) is 4.74 Å². The highest BCUT2D eigenvalue weighted by Crippen LogP contribution is 2.17. The first kappa shape index (κ1) is 12.1. The maximum atomic E-state index is 12.4. The second-order valence-electron chi connectivity index (χ2n) is 4.78. The molecular formula is C12H19N3O2. The van der Waals surface area contributed by atoms with Gasteiger partial charge in [-0.2, -0.15) is 5.10 Å². The molecule has 0 bridgehead atoms. The molecule has 2 heterocycles. The lowest BCUT2D eigenvalue weighted by Gasteiger charge is -2.35. The third-order valence-electron chi connectivity index (χ3n) is 3.05. The maximum Gasteiger partial charge on any atom is 0.257 e. The Bertz CT molecular complexity index is 398. The van der Waals surface area contributed by atoms with Crippen LogP contribution >= 0.6 is 0 Å². The maximum absolute atomic E-state index is 12.4. The molecule has 17 heavy (non-hydrogen) atoms. The summed E-state index contributed by atoms with van der Waals surface area (Å²) >= 11 is 0. The van der Waals surface area contributed by atoms with E-state index in [1.165, 1.54) is 0 Å². The van der Waals surface area contributed by atoms with Crippen molar-refractivity contribution in [2.45, 2.75) is 39.9 Å². The van der Waals surface area contributed by atoms with Crippen LogP contribution in [0.4, 0.5) is 0 Å². The minimum Gasteiger partial charge on any atom is -0.372 e. The summed E-state index contributed by atoms with van der Waals surface area (Å²) in [5, 5.41) is 6.92. The number of aromatic nitrogens is 2. The first-order valence-corrected chi connectivity index (χ1v) is 5.95. The number of hydrogen-bond donors (Lipinski definition) is 1. The number of amides is 1. The summed E-state index contributed by atoms with van der Waals surface area (Å²) in [6.07, 6.45) is 0.186. The highest BCUT2D eigenvalue weighted by molar-refractivity contribution is 5.96. The molecule has 1 aromatic heterocycles. The molecule has 2 rings (SSSR count). The average Bonchev–Trinajstić information content (AvgIpc) is 2.56. The second-order valence-corrected chi connectivity index (χ2v) is 4.78. The quantitative estimate of drug-likeness (QED) is 0.800. The topological polar surface area (TPSA) is 58.2 Å². The monoisotopic (exact) mass is 237 g/mol. The summed E-state index contributed by atoms with van der Waals surface area (Å²) in [6.45, 7) is 9.00. The number of aryl methyl sites for hydroxylation is 2. The molecule has 0 saturated carbocycles. The van der Waals surface area contributed by atoms with Crippen LogP contribution in [0, 0.1) is 13.8 Å². The van der Waals surface area contributed by atoms with E-state index in [1.54, 1.807) is 0 Å². The predicted octanol–water partition coefficient (Wildman–Crippen LogP) is 1.28. The van der Waals surface area contributed by atoms with Gasteiger partial charge in [0.2, 0.25) is 0 Å². The van der Waals surface area contributed by atoms with Crippen LogP contribution in [0.15, 0.2) is 0 Å². The highest BCUT2D eigenvalue weighted by Gasteiger charge is 2.28. The molecule has 1 saturated heterocycles. The number of carbonyl (C=O) groups is 1. The van der Waals surface area contributed by atoms with Crippen molar-refractivity contribution in [1.29, 1.82) is 0 Å².